The molecule has 1 aliphatic rings. The van der Waals surface area contributed by atoms with Gasteiger partial charge in [0, 0.05) is 13.1 Å². The maximum Gasteiger partial charge on any atom is 0.416 e. The van der Waals surface area contributed by atoms with Crippen LogP contribution < -0.4 is 10.2 Å². The Kier molecular flexibility index (Phi) is 6.87. The Balaban J connectivity index is 1.57. The summed E-state index contributed by atoms with van der Waals surface area (Å²) < 4.78 is 45.9. The minimum Gasteiger partial charge on any atom is -0.465 e. The van der Waals surface area contributed by atoms with Gasteiger partial charge >= 0.3 is 12.1 Å². The van der Waals surface area contributed by atoms with E-state index in [0.29, 0.717) is 41.3 Å². The molecular formula is C26H25F3N4O3. The predicted molar refractivity (Wildman–Crippen MR) is 128 cm³/mol. The van der Waals surface area contributed by atoms with Gasteiger partial charge in [-0.15, -0.1) is 0 Å². The summed E-state index contributed by atoms with van der Waals surface area (Å²) in [6, 6.07) is 11.5. The molecule has 0 radical (unpaired) electrons. The molecule has 36 heavy (non-hydrogen) atoms. The SMILES string of the molecule is C=Cc1nn2c(c1C(=O)NC(C)c1ccc(C(=O)OC)cc1)N(Cc1cccc(C(F)(F)F)c1)CC2. The quantitative estimate of drug-likeness (QED) is 0.472. The van der Waals surface area contributed by atoms with Gasteiger partial charge in [0.2, 0.25) is 0 Å². The molecular weight excluding hydrogens is 473 g/mol. The van der Waals surface area contributed by atoms with Gasteiger partial charge in [-0.3, -0.25) is 4.79 Å². The third-order valence-corrected chi connectivity index (χ3v) is 6.06. The average molecular weight is 499 g/mol. The lowest BCUT2D eigenvalue weighted by atomic mass is 10.1. The summed E-state index contributed by atoms with van der Waals surface area (Å²) in [7, 11) is 1.30. The van der Waals surface area contributed by atoms with Crippen molar-refractivity contribution in [1.82, 2.24) is 15.1 Å². The van der Waals surface area contributed by atoms with E-state index in [9.17, 15) is 22.8 Å². The molecule has 0 spiro atoms. The molecule has 0 saturated carbocycles. The molecule has 1 aromatic heterocycles. The number of nitrogens with zero attached hydrogens (tertiary/aromatic N) is 3. The van der Waals surface area contributed by atoms with E-state index in [1.807, 2.05) is 11.8 Å². The number of rotatable bonds is 7. The Labute approximate surface area is 206 Å². The summed E-state index contributed by atoms with van der Waals surface area (Å²) in [6.45, 7) is 6.76. The van der Waals surface area contributed by atoms with Crippen LogP contribution in [-0.2, 0) is 24.0 Å². The van der Waals surface area contributed by atoms with Gasteiger partial charge < -0.3 is 15.0 Å². The number of hydrogen-bond acceptors (Lipinski definition) is 5. The van der Waals surface area contributed by atoms with Crippen LogP contribution in [0.3, 0.4) is 0 Å². The van der Waals surface area contributed by atoms with Crippen molar-refractivity contribution in [1.29, 1.82) is 0 Å². The first-order valence-corrected chi connectivity index (χ1v) is 11.3. The molecule has 10 heteroatoms. The Morgan fingerprint density at radius 1 is 1.19 bits per heavy atom. The van der Waals surface area contributed by atoms with Crippen molar-refractivity contribution in [3.63, 3.8) is 0 Å². The molecule has 188 valence electrons. The van der Waals surface area contributed by atoms with Crippen LogP contribution in [-0.4, -0.2) is 35.3 Å². The van der Waals surface area contributed by atoms with Gasteiger partial charge in [-0.2, -0.15) is 18.3 Å². The van der Waals surface area contributed by atoms with Crippen molar-refractivity contribution >= 4 is 23.8 Å². The number of alkyl halides is 3. The van der Waals surface area contributed by atoms with Gasteiger partial charge in [0.15, 0.2) is 0 Å². The molecule has 1 unspecified atom stereocenters. The predicted octanol–water partition coefficient (Wildman–Crippen LogP) is 4.84. The van der Waals surface area contributed by atoms with Gasteiger partial charge in [-0.1, -0.05) is 30.8 Å². The summed E-state index contributed by atoms with van der Waals surface area (Å²) in [5, 5.41) is 7.41. The smallest absolute Gasteiger partial charge is 0.416 e. The van der Waals surface area contributed by atoms with Crippen molar-refractivity contribution < 1.29 is 27.5 Å². The van der Waals surface area contributed by atoms with Crippen LogP contribution in [0.15, 0.2) is 55.1 Å². The fourth-order valence-electron chi connectivity index (χ4n) is 4.23. The van der Waals surface area contributed by atoms with Crippen molar-refractivity contribution in [2.75, 3.05) is 18.6 Å². The third kappa shape index (κ3) is 4.98. The first kappa shape index (κ1) is 25.0. The van der Waals surface area contributed by atoms with E-state index in [4.69, 9.17) is 4.74 Å². The fraction of sp³-hybridized carbons (Fsp3) is 0.269. The van der Waals surface area contributed by atoms with Crippen molar-refractivity contribution in [2.45, 2.75) is 32.2 Å². The standard InChI is InChI=1S/C26H25F3N4O3/c1-4-21-22(23(34)30-16(2)18-8-10-19(11-9-18)25(35)36-3)24-32(12-13-33(24)31-21)15-17-6-5-7-20(14-17)26(27,28)29/h4-11,14,16H,1,12-13,15H2,2-3H3,(H,30,34). The fourth-order valence-corrected chi connectivity index (χ4v) is 4.23. The summed E-state index contributed by atoms with van der Waals surface area (Å²) in [5.41, 5.74) is 1.64. The van der Waals surface area contributed by atoms with Crippen molar-refractivity contribution in [3.8, 4) is 0 Å². The highest BCUT2D eigenvalue weighted by atomic mass is 19.4. The lowest BCUT2D eigenvalue weighted by molar-refractivity contribution is -0.137. The first-order valence-electron chi connectivity index (χ1n) is 11.3. The number of methoxy groups -OCH3 is 1. The number of hydrogen-bond donors (Lipinski definition) is 1. The number of fused-ring (bicyclic) bond motifs is 1. The molecule has 3 aromatic rings. The molecule has 1 atom stereocenters. The van der Waals surface area contributed by atoms with Crippen molar-refractivity contribution in [2.24, 2.45) is 0 Å². The summed E-state index contributed by atoms with van der Waals surface area (Å²) in [6.07, 6.45) is -2.95. The Bertz CT molecular complexity index is 1300. The van der Waals surface area contributed by atoms with Crippen LogP contribution in [0.4, 0.5) is 19.0 Å². The molecule has 0 bridgehead atoms. The van der Waals surface area contributed by atoms with E-state index in [-0.39, 0.29) is 12.5 Å². The van der Waals surface area contributed by atoms with Crippen LogP contribution in [0.1, 0.15) is 56.1 Å². The lowest BCUT2D eigenvalue weighted by Crippen LogP contribution is -2.29. The van der Waals surface area contributed by atoms with Crippen LogP contribution >= 0.6 is 0 Å². The van der Waals surface area contributed by atoms with Crippen LogP contribution in [0.25, 0.3) is 6.08 Å². The number of ether oxygens (including phenoxy) is 1. The second-order valence-electron chi connectivity index (χ2n) is 8.44. The molecule has 1 N–H and O–H groups in total. The zero-order valence-corrected chi connectivity index (χ0v) is 19.8. The van der Waals surface area contributed by atoms with E-state index in [1.165, 1.54) is 19.3 Å². The highest BCUT2D eigenvalue weighted by Gasteiger charge is 2.33. The molecule has 0 saturated heterocycles. The number of esters is 1. The second-order valence-corrected chi connectivity index (χ2v) is 8.44. The largest absolute Gasteiger partial charge is 0.465 e. The maximum atomic E-state index is 13.4. The normalized spacial score (nSPS) is 13.8. The molecule has 7 nitrogen and oxygen atoms in total. The van der Waals surface area contributed by atoms with Crippen LogP contribution in [0, 0.1) is 0 Å². The van der Waals surface area contributed by atoms with Crippen LogP contribution in [0.5, 0.6) is 0 Å². The average Bonchev–Trinajstić information content (AvgIpc) is 3.42. The Morgan fingerprint density at radius 3 is 2.56 bits per heavy atom. The molecule has 0 fully saturated rings. The zero-order valence-electron chi connectivity index (χ0n) is 19.8. The van der Waals surface area contributed by atoms with Gasteiger partial charge in [-0.05, 0) is 48.4 Å². The summed E-state index contributed by atoms with van der Waals surface area (Å²) in [4.78, 5) is 26.9. The van der Waals surface area contributed by atoms with Crippen LogP contribution in [0.2, 0.25) is 0 Å². The highest BCUT2D eigenvalue weighted by Crippen LogP contribution is 2.33. The molecule has 1 amide bonds. The van der Waals surface area contributed by atoms with Gasteiger partial charge in [0.05, 0.1) is 36.5 Å². The molecule has 2 heterocycles. The summed E-state index contributed by atoms with van der Waals surface area (Å²) in [5.74, 6) is -0.301. The van der Waals surface area contributed by atoms with E-state index < -0.39 is 23.8 Å². The van der Waals surface area contributed by atoms with E-state index >= 15 is 0 Å². The first-order chi connectivity index (χ1) is 17.1. The Hall–Kier alpha value is -4.08. The third-order valence-electron chi connectivity index (χ3n) is 6.06. The Morgan fingerprint density at radius 2 is 1.92 bits per heavy atom. The topological polar surface area (TPSA) is 76.5 Å². The number of benzene rings is 2. The van der Waals surface area contributed by atoms with Gasteiger partial charge in [0.1, 0.15) is 11.4 Å². The number of anilines is 1. The molecule has 1 aliphatic heterocycles. The van der Waals surface area contributed by atoms with E-state index in [1.54, 1.807) is 35.0 Å². The number of halogens is 3. The molecule has 2 aromatic carbocycles. The second kappa shape index (κ2) is 9.88. The molecule has 4 rings (SSSR count). The number of amides is 1. The number of nitrogens with one attached hydrogen (secondary N) is 1. The monoisotopic (exact) mass is 498 g/mol. The maximum absolute atomic E-state index is 13.4. The van der Waals surface area contributed by atoms with Gasteiger partial charge in [0.25, 0.3) is 5.91 Å². The summed E-state index contributed by atoms with van der Waals surface area (Å²) >= 11 is 0. The van der Waals surface area contributed by atoms with E-state index in [0.717, 1.165) is 17.7 Å². The minimum absolute atomic E-state index is 0.191. The lowest BCUT2D eigenvalue weighted by Gasteiger charge is -2.21. The van der Waals surface area contributed by atoms with E-state index in [2.05, 4.69) is 17.0 Å². The number of carbonyl (C=O) groups excluding carboxylic acids is 2. The zero-order chi connectivity index (χ0) is 26.0. The molecule has 0 aliphatic carbocycles. The minimum atomic E-state index is -4.44. The highest BCUT2D eigenvalue weighted by molar-refractivity contribution is 6.02. The number of aromatic nitrogens is 2. The van der Waals surface area contributed by atoms with Crippen molar-refractivity contribution in [3.05, 3.63) is 88.6 Å². The number of carbonyl (C=O) groups is 2. The van der Waals surface area contributed by atoms with Gasteiger partial charge in [-0.25, -0.2) is 9.48 Å².